The number of hydrogen-bond acceptors (Lipinski definition) is 3. The van der Waals surface area contributed by atoms with Crippen LogP contribution in [0.2, 0.25) is 0 Å². The summed E-state index contributed by atoms with van der Waals surface area (Å²) in [7, 11) is 1.27. The fraction of sp³-hybridized carbons (Fsp3) is 0.133. The Kier molecular flexibility index (Phi) is 4.71. The number of nitrogens with one attached hydrogen (secondary N) is 2. The van der Waals surface area contributed by atoms with Crippen molar-refractivity contribution in [3.05, 3.63) is 59.7 Å². The maximum absolute atomic E-state index is 13.5. The van der Waals surface area contributed by atoms with Gasteiger partial charge in [-0.05, 0) is 24.3 Å². The molecule has 6 heteroatoms. The van der Waals surface area contributed by atoms with E-state index in [9.17, 15) is 13.6 Å². The van der Waals surface area contributed by atoms with E-state index >= 15 is 0 Å². The highest BCUT2D eigenvalue weighted by Gasteiger charge is 2.07. The first-order chi connectivity index (χ1) is 10.1. The largest absolute Gasteiger partial charge is 0.453 e. The highest BCUT2D eigenvalue weighted by atomic mass is 19.2. The van der Waals surface area contributed by atoms with Crippen molar-refractivity contribution in [2.75, 3.05) is 17.7 Å². The number of halogens is 2. The Morgan fingerprint density at radius 3 is 2.62 bits per heavy atom. The normalized spacial score (nSPS) is 10.0. The molecular formula is C15H14F2N2O2. The van der Waals surface area contributed by atoms with Gasteiger partial charge in [0, 0.05) is 23.5 Å². The van der Waals surface area contributed by atoms with E-state index in [1.165, 1.54) is 19.2 Å². The van der Waals surface area contributed by atoms with Gasteiger partial charge in [0.15, 0.2) is 11.6 Å². The minimum atomic E-state index is -0.879. The lowest BCUT2D eigenvalue weighted by Crippen LogP contribution is -2.11. The molecular weight excluding hydrogens is 278 g/mol. The third-order valence-electron chi connectivity index (χ3n) is 2.81. The average Bonchev–Trinajstić information content (AvgIpc) is 2.49. The van der Waals surface area contributed by atoms with Crippen molar-refractivity contribution in [2.24, 2.45) is 0 Å². The Bertz CT molecular complexity index is 647. The number of anilines is 2. The Balaban J connectivity index is 2.05. The van der Waals surface area contributed by atoms with Crippen molar-refractivity contribution in [2.45, 2.75) is 6.54 Å². The van der Waals surface area contributed by atoms with Gasteiger partial charge >= 0.3 is 6.09 Å². The van der Waals surface area contributed by atoms with Gasteiger partial charge in [-0.2, -0.15) is 0 Å². The molecule has 0 unspecified atom stereocenters. The van der Waals surface area contributed by atoms with Gasteiger partial charge in [-0.25, -0.2) is 13.6 Å². The van der Waals surface area contributed by atoms with Crippen LogP contribution in [0.3, 0.4) is 0 Å². The summed E-state index contributed by atoms with van der Waals surface area (Å²) in [5, 5.41) is 5.48. The van der Waals surface area contributed by atoms with Crippen molar-refractivity contribution in [3.63, 3.8) is 0 Å². The molecule has 2 aromatic rings. The molecule has 110 valence electrons. The summed E-state index contributed by atoms with van der Waals surface area (Å²) in [5.41, 5.74) is 1.42. The van der Waals surface area contributed by atoms with Crippen LogP contribution in [0.4, 0.5) is 25.0 Å². The maximum Gasteiger partial charge on any atom is 0.411 e. The zero-order chi connectivity index (χ0) is 15.2. The van der Waals surface area contributed by atoms with Gasteiger partial charge in [-0.3, -0.25) is 5.32 Å². The number of hydrogen-bond donors (Lipinski definition) is 2. The van der Waals surface area contributed by atoms with Crippen molar-refractivity contribution in [1.82, 2.24) is 0 Å². The van der Waals surface area contributed by atoms with Crippen LogP contribution in [0.1, 0.15) is 5.56 Å². The quantitative estimate of drug-likeness (QED) is 0.902. The molecule has 0 saturated heterocycles. The smallest absolute Gasteiger partial charge is 0.411 e. The summed E-state index contributed by atoms with van der Waals surface area (Å²) in [6, 6.07) is 10.8. The summed E-state index contributed by atoms with van der Waals surface area (Å²) in [6.45, 7) is 0.130. The molecule has 0 fully saturated rings. The van der Waals surface area contributed by atoms with Gasteiger partial charge in [0.05, 0.1) is 7.11 Å². The molecule has 2 aromatic carbocycles. The molecule has 0 aliphatic heterocycles. The lowest BCUT2D eigenvalue weighted by Gasteiger charge is -2.10. The number of carbonyl (C=O) groups is 1. The SMILES string of the molecule is COC(=O)Nc1cccc(NCc2cccc(F)c2F)c1. The van der Waals surface area contributed by atoms with Gasteiger partial charge in [-0.15, -0.1) is 0 Å². The third kappa shape index (κ3) is 3.92. The molecule has 1 amide bonds. The van der Waals surface area contributed by atoms with E-state index in [1.807, 2.05) is 0 Å². The molecule has 0 aliphatic carbocycles. The molecule has 0 heterocycles. The third-order valence-corrected chi connectivity index (χ3v) is 2.81. The molecule has 0 radical (unpaired) electrons. The lowest BCUT2D eigenvalue weighted by molar-refractivity contribution is 0.187. The highest BCUT2D eigenvalue weighted by molar-refractivity contribution is 5.85. The number of methoxy groups -OCH3 is 1. The van der Waals surface area contributed by atoms with E-state index in [0.29, 0.717) is 11.4 Å². The van der Waals surface area contributed by atoms with Crippen LogP contribution in [-0.2, 0) is 11.3 Å². The van der Waals surface area contributed by atoms with Crippen LogP contribution in [0.25, 0.3) is 0 Å². The lowest BCUT2D eigenvalue weighted by atomic mass is 10.2. The monoisotopic (exact) mass is 292 g/mol. The number of amides is 1. The number of ether oxygens (including phenoxy) is 1. The van der Waals surface area contributed by atoms with Crippen molar-refractivity contribution < 1.29 is 18.3 Å². The zero-order valence-corrected chi connectivity index (χ0v) is 11.3. The molecule has 2 N–H and O–H groups in total. The van der Waals surface area contributed by atoms with Crippen molar-refractivity contribution >= 4 is 17.5 Å². The molecule has 2 rings (SSSR count). The van der Waals surface area contributed by atoms with Crippen molar-refractivity contribution in [1.29, 1.82) is 0 Å². The molecule has 0 saturated carbocycles. The topological polar surface area (TPSA) is 50.4 Å². The predicted molar refractivity (Wildman–Crippen MR) is 76.2 cm³/mol. The first-order valence-electron chi connectivity index (χ1n) is 6.22. The van der Waals surface area contributed by atoms with Crippen LogP contribution in [0.15, 0.2) is 42.5 Å². The Hall–Kier alpha value is -2.63. The standard InChI is InChI=1S/C15H14F2N2O2/c1-21-15(20)19-12-6-3-5-11(8-12)18-9-10-4-2-7-13(16)14(10)17/h2-8,18H,9H2,1H3,(H,19,20). The van der Waals surface area contributed by atoms with Crippen LogP contribution in [-0.4, -0.2) is 13.2 Å². The Morgan fingerprint density at radius 1 is 1.14 bits per heavy atom. The fourth-order valence-electron chi connectivity index (χ4n) is 1.76. The minimum absolute atomic E-state index is 0.130. The minimum Gasteiger partial charge on any atom is -0.453 e. The molecule has 4 nitrogen and oxygen atoms in total. The highest BCUT2D eigenvalue weighted by Crippen LogP contribution is 2.18. The Labute approximate surface area is 120 Å². The van der Waals surface area contributed by atoms with Crippen LogP contribution in [0.5, 0.6) is 0 Å². The molecule has 0 spiro atoms. The van der Waals surface area contributed by atoms with E-state index in [4.69, 9.17) is 0 Å². The van der Waals surface area contributed by atoms with Gasteiger partial charge in [0.2, 0.25) is 0 Å². The second-order valence-corrected chi connectivity index (χ2v) is 4.26. The van der Waals surface area contributed by atoms with Crippen LogP contribution >= 0.6 is 0 Å². The number of carbonyl (C=O) groups excluding carboxylic acids is 1. The van der Waals surface area contributed by atoms with E-state index in [-0.39, 0.29) is 12.1 Å². The molecule has 0 atom stereocenters. The van der Waals surface area contributed by atoms with Gasteiger partial charge in [0.25, 0.3) is 0 Å². The molecule has 0 aliphatic rings. The zero-order valence-electron chi connectivity index (χ0n) is 11.3. The maximum atomic E-state index is 13.5. The van der Waals surface area contributed by atoms with E-state index in [2.05, 4.69) is 15.4 Å². The summed E-state index contributed by atoms with van der Waals surface area (Å²) >= 11 is 0. The van der Waals surface area contributed by atoms with Crippen molar-refractivity contribution in [3.8, 4) is 0 Å². The van der Waals surface area contributed by atoms with Crippen LogP contribution < -0.4 is 10.6 Å². The number of benzene rings is 2. The first kappa shape index (κ1) is 14.8. The predicted octanol–water partition coefficient (Wildman–Crippen LogP) is 3.76. The van der Waals surface area contributed by atoms with E-state index in [0.717, 1.165) is 6.07 Å². The second kappa shape index (κ2) is 6.69. The molecule has 21 heavy (non-hydrogen) atoms. The van der Waals surface area contributed by atoms with Gasteiger partial charge < -0.3 is 10.1 Å². The first-order valence-corrected chi connectivity index (χ1v) is 6.22. The number of rotatable bonds is 4. The van der Waals surface area contributed by atoms with E-state index in [1.54, 1.807) is 24.3 Å². The summed E-state index contributed by atoms with van der Waals surface area (Å²) in [5.74, 6) is -1.75. The summed E-state index contributed by atoms with van der Waals surface area (Å²) in [4.78, 5) is 11.1. The Morgan fingerprint density at radius 2 is 1.86 bits per heavy atom. The molecule has 0 aromatic heterocycles. The molecule has 0 bridgehead atoms. The average molecular weight is 292 g/mol. The fourth-order valence-corrected chi connectivity index (χ4v) is 1.76. The summed E-state index contributed by atoms with van der Waals surface area (Å²) in [6.07, 6.45) is -0.580. The van der Waals surface area contributed by atoms with Gasteiger partial charge in [0.1, 0.15) is 0 Å². The van der Waals surface area contributed by atoms with Gasteiger partial charge in [-0.1, -0.05) is 18.2 Å². The van der Waals surface area contributed by atoms with Crippen LogP contribution in [0, 0.1) is 11.6 Å². The summed E-state index contributed by atoms with van der Waals surface area (Å²) < 4.78 is 31.1. The van der Waals surface area contributed by atoms with E-state index < -0.39 is 17.7 Å². The second-order valence-electron chi connectivity index (χ2n) is 4.26.